The number of hydrogen-bond donors (Lipinski definition) is 0. The van der Waals surface area contributed by atoms with Crippen molar-refractivity contribution in [2.45, 2.75) is 0 Å². The minimum atomic E-state index is -0.388. The predicted octanol–water partition coefficient (Wildman–Crippen LogP) is 3.01. The van der Waals surface area contributed by atoms with Crippen LogP contribution in [-0.2, 0) is 0 Å². The van der Waals surface area contributed by atoms with Crippen LogP contribution in [0.25, 0.3) is 0 Å². The molecule has 0 bridgehead atoms. The number of alkyl halides is 1. The van der Waals surface area contributed by atoms with Crippen LogP contribution in [0.15, 0.2) is 22.7 Å². The number of benzene rings is 1. The second kappa shape index (κ2) is 4.01. The lowest BCUT2D eigenvalue weighted by Crippen LogP contribution is -2.00. The van der Waals surface area contributed by atoms with E-state index in [4.69, 9.17) is 11.6 Å². The Bertz CT molecular complexity index is 314. The van der Waals surface area contributed by atoms with Crippen LogP contribution < -0.4 is 0 Å². The first-order valence-corrected chi connectivity index (χ1v) is 4.52. The second-order valence-corrected chi connectivity index (χ2v) is 3.31. The SMILES string of the molecule is O=C(CCl)c1ccc(F)c(Br)c1. The molecule has 0 spiro atoms. The highest BCUT2D eigenvalue weighted by Gasteiger charge is 2.06. The summed E-state index contributed by atoms with van der Waals surface area (Å²) in [7, 11) is 0. The highest BCUT2D eigenvalue weighted by Crippen LogP contribution is 2.17. The minimum absolute atomic E-state index is 0.0852. The van der Waals surface area contributed by atoms with Crippen molar-refractivity contribution in [1.82, 2.24) is 0 Å². The van der Waals surface area contributed by atoms with E-state index in [-0.39, 0.29) is 22.0 Å². The monoisotopic (exact) mass is 250 g/mol. The molecule has 12 heavy (non-hydrogen) atoms. The lowest BCUT2D eigenvalue weighted by atomic mass is 10.1. The van der Waals surface area contributed by atoms with Crippen molar-refractivity contribution in [3.8, 4) is 0 Å². The average molecular weight is 251 g/mol. The summed E-state index contributed by atoms with van der Waals surface area (Å²) in [5.41, 5.74) is 0.415. The number of ketones is 1. The fraction of sp³-hybridized carbons (Fsp3) is 0.125. The summed E-state index contributed by atoms with van der Waals surface area (Å²) in [6.07, 6.45) is 0. The van der Waals surface area contributed by atoms with Gasteiger partial charge in [0.1, 0.15) is 5.82 Å². The van der Waals surface area contributed by atoms with E-state index in [9.17, 15) is 9.18 Å². The van der Waals surface area contributed by atoms with E-state index in [1.54, 1.807) is 0 Å². The normalized spacial score (nSPS) is 9.92. The van der Waals surface area contributed by atoms with Gasteiger partial charge in [0.2, 0.25) is 0 Å². The molecule has 0 aromatic heterocycles. The van der Waals surface area contributed by atoms with Gasteiger partial charge in [-0.15, -0.1) is 11.6 Å². The third-order valence-electron chi connectivity index (χ3n) is 1.36. The molecule has 0 radical (unpaired) electrons. The largest absolute Gasteiger partial charge is 0.293 e. The average Bonchev–Trinajstić information content (AvgIpc) is 2.08. The standard InChI is InChI=1S/C8H5BrClFO/c9-6-3-5(8(12)4-10)1-2-7(6)11/h1-3H,4H2. The van der Waals surface area contributed by atoms with Crippen LogP contribution in [0.2, 0.25) is 0 Å². The van der Waals surface area contributed by atoms with E-state index in [1.165, 1.54) is 18.2 Å². The molecule has 1 aromatic carbocycles. The third kappa shape index (κ3) is 2.05. The molecule has 0 aliphatic carbocycles. The van der Waals surface area contributed by atoms with Gasteiger partial charge in [-0.3, -0.25) is 4.79 Å². The van der Waals surface area contributed by atoms with Crippen LogP contribution in [0.5, 0.6) is 0 Å². The molecule has 0 aliphatic rings. The fourth-order valence-corrected chi connectivity index (χ4v) is 1.28. The van der Waals surface area contributed by atoms with Gasteiger partial charge in [0.25, 0.3) is 0 Å². The summed E-state index contributed by atoms with van der Waals surface area (Å²) in [5, 5.41) is 0. The van der Waals surface area contributed by atoms with Gasteiger partial charge in [-0.25, -0.2) is 4.39 Å². The minimum Gasteiger partial charge on any atom is -0.293 e. The molecule has 1 aromatic rings. The topological polar surface area (TPSA) is 17.1 Å². The van der Waals surface area contributed by atoms with E-state index in [0.717, 1.165) is 0 Å². The molecule has 0 aliphatic heterocycles. The summed E-state index contributed by atoms with van der Waals surface area (Å²) in [4.78, 5) is 11.0. The number of halogens is 3. The Hall–Kier alpha value is -0.410. The smallest absolute Gasteiger partial charge is 0.177 e. The molecule has 1 nitrogen and oxygen atoms in total. The zero-order valence-electron chi connectivity index (χ0n) is 5.98. The Labute approximate surface area is 82.7 Å². The van der Waals surface area contributed by atoms with Crippen LogP contribution in [0.4, 0.5) is 4.39 Å². The van der Waals surface area contributed by atoms with Crippen molar-refractivity contribution in [3.63, 3.8) is 0 Å². The number of carbonyl (C=O) groups excluding carboxylic acids is 1. The summed E-state index contributed by atoms with van der Waals surface area (Å²) >= 11 is 8.29. The first-order chi connectivity index (χ1) is 5.65. The molecule has 1 rings (SSSR count). The molecular weight excluding hydrogens is 246 g/mol. The molecule has 0 N–H and O–H groups in total. The van der Waals surface area contributed by atoms with Gasteiger partial charge in [0.05, 0.1) is 10.4 Å². The summed E-state index contributed by atoms with van der Waals surface area (Å²) in [5.74, 6) is -0.684. The molecule has 0 unspecified atom stereocenters. The van der Waals surface area contributed by atoms with Crippen molar-refractivity contribution in [1.29, 1.82) is 0 Å². The lowest BCUT2D eigenvalue weighted by molar-refractivity contribution is 0.102. The zero-order valence-corrected chi connectivity index (χ0v) is 8.32. The van der Waals surface area contributed by atoms with E-state index in [1.807, 2.05) is 0 Å². The van der Waals surface area contributed by atoms with Gasteiger partial charge in [0, 0.05) is 5.56 Å². The Morgan fingerprint density at radius 3 is 2.75 bits per heavy atom. The van der Waals surface area contributed by atoms with Crippen molar-refractivity contribution in [2.75, 3.05) is 5.88 Å². The Balaban J connectivity index is 3.05. The van der Waals surface area contributed by atoms with Gasteiger partial charge in [-0.2, -0.15) is 0 Å². The van der Waals surface area contributed by atoms with Crippen molar-refractivity contribution in [3.05, 3.63) is 34.1 Å². The van der Waals surface area contributed by atoms with Crippen molar-refractivity contribution < 1.29 is 9.18 Å². The quantitative estimate of drug-likeness (QED) is 0.583. The van der Waals surface area contributed by atoms with Gasteiger partial charge in [-0.05, 0) is 34.1 Å². The maximum absolute atomic E-state index is 12.7. The van der Waals surface area contributed by atoms with Gasteiger partial charge in [-0.1, -0.05) is 0 Å². The third-order valence-corrected chi connectivity index (χ3v) is 2.21. The van der Waals surface area contributed by atoms with Crippen LogP contribution in [0.3, 0.4) is 0 Å². The highest BCUT2D eigenvalue weighted by molar-refractivity contribution is 9.10. The van der Waals surface area contributed by atoms with Crippen molar-refractivity contribution in [2.24, 2.45) is 0 Å². The van der Waals surface area contributed by atoms with Gasteiger partial charge >= 0.3 is 0 Å². The van der Waals surface area contributed by atoms with Crippen LogP contribution in [-0.4, -0.2) is 11.7 Å². The van der Waals surface area contributed by atoms with Gasteiger partial charge in [0.15, 0.2) is 5.78 Å². The van der Waals surface area contributed by atoms with Gasteiger partial charge < -0.3 is 0 Å². The molecule has 0 fully saturated rings. The molecule has 64 valence electrons. The Kier molecular flexibility index (Phi) is 3.23. The Morgan fingerprint density at radius 2 is 2.25 bits per heavy atom. The second-order valence-electron chi connectivity index (χ2n) is 2.19. The van der Waals surface area contributed by atoms with E-state index >= 15 is 0 Å². The zero-order chi connectivity index (χ0) is 9.14. The van der Waals surface area contributed by atoms with Crippen molar-refractivity contribution >= 4 is 33.3 Å². The summed E-state index contributed by atoms with van der Waals surface area (Å²) in [6.45, 7) is 0. The Morgan fingerprint density at radius 1 is 1.58 bits per heavy atom. The number of rotatable bonds is 2. The molecule has 0 saturated heterocycles. The predicted molar refractivity (Wildman–Crippen MR) is 49.2 cm³/mol. The van der Waals surface area contributed by atoms with Crippen LogP contribution in [0, 0.1) is 5.82 Å². The number of carbonyl (C=O) groups is 1. The van der Waals surface area contributed by atoms with E-state index in [2.05, 4.69) is 15.9 Å². The lowest BCUT2D eigenvalue weighted by Gasteiger charge is -1.98. The number of Topliss-reactive ketones (excluding diaryl/α,β-unsaturated/α-hetero) is 1. The van der Waals surface area contributed by atoms with Crippen LogP contribution >= 0.6 is 27.5 Å². The summed E-state index contributed by atoms with van der Waals surface area (Å²) in [6, 6.07) is 4.05. The first kappa shape index (κ1) is 9.68. The summed E-state index contributed by atoms with van der Waals surface area (Å²) < 4.78 is 13.0. The van der Waals surface area contributed by atoms with E-state index in [0.29, 0.717) is 5.56 Å². The molecule has 0 amide bonds. The highest BCUT2D eigenvalue weighted by atomic mass is 79.9. The first-order valence-electron chi connectivity index (χ1n) is 3.19. The maximum Gasteiger partial charge on any atom is 0.177 e. The van der Waals surface area contributed by atoms with E-state index < -0.39 is 0 Å². The molecule has 4 heteroatoms. The molecule has 0 atom stereocenters. The maximum atomic E-state index is 12.7. The molecular formula is C8H5BrClFO. The fourth-order valence-electron chi connectivity index (χ4n) is 0.747. The molecule has 0 saturated carbocycles. The molecule has 0 heterocycles. The number of hydrogen-bond acceptors (Lipinski definition) is 1. The van der Waals surface area contributed by atoms with Crippen LogP contribution in [0.1, 0.15) is 10.4 Å².